The summed E-state index contributed by atoms with van der Waals surface area (Å²) in [6.07, 6.45) is 4.06. The Bertz CT molecular complexity index is 1540. The number of H-pyrrole nitrogens is 1. The monoisotopic (exact) mass is 691 g/mol. The van der Waals surface area contributed by atoms with Gasteiger partial charge in [-0.1, -0.05) is 23.2 Å². The summed E-state index contributed by atoms with van der Waals surface area (Å²) >= 11 is 16.6. The molecule has 18 heteroatoms. The zero-order chi connectivity index (χ0) is 30.0. The number of alkyl halides is 3. The molecule has 6 rings (SSSR count). The molecule has 3 aromatic heterocycles. The number of aliphatic carboxylic acids is 1. The number of hydrogen-bond donors (Lipinski definition) is 3. The lowest BCUT2D eigenvalue weighted by Gasteiger charge is -2.36. The highest BCUT2D eigenvalue weighted by atomic mass is 79.9. The second-order valence-corrected chi connectivity index (χ2v) is 11.2. The molecule has 12 nitrogen and oxygen atoms in total. The Balaban J connectivity index is 0.000000451. The fraction of sp³-hybridized carbons (Fsp3) is 0.417. The molecule has 0 radical (unpaired) electrons. The number of nitrogens with zero attached hydrogens (tertiary/aromatic N) is 7. The first-order valence-electron chi connectivity index (χ1n) is 12.6. The molecule has 42 heavy (non-hydrogen) atoms. The Morgan fingerprint density at radius 2 is 2.05 bits per heavy atom. The van der Waals surface area contributed by atoms with Crippen molar-refractivity contribution >= 4 is 67.8 Å². The molecular weight excluding hydrogens is 670 g/mol. The molecule has 4 aromatic rings. The van der Waals surface area contributed by atoms with Gasteiger partial charge in [0.2, 0.25) is 5.95 Å². The molecule has 0 amide bonds. The Kier molecular flexibility index (Phi) is 9.05. The number of imidazole rings is 1. The summed E-state index contributed by atoms with van der Waals surface area (Å²) in [7, 11) is 0. The number of halogens is 6. The summed E-state index contributed by atoms with van der Waals surface area (Å²) in [6, 6.07) is 2.35. The number of rotatable bonds is 6. The predicted molar refractivity (Wildman–Crippen MR) is 151 cm³/mol. The molecule has 2 fully saturated rings. The molecule has 1 saturated carbocycles. The summed E-state index contributed by atoms with van der Waals surface area (Å²) in [4.78, 5) is 29.1. The minimum absolute atomic E-state index is 0.246. The number of hydrogen-bond acceptors (Lipinski definition) is 9. The largest absolute Gasteiger partial charge is 0.490 e. The van der Waals surface area contributed by atoms with Crippen molar-refractivity contribution < 1.29 is 27.8 Å². The SMILES string of the molecule is Clc1cc2c(NCC3CC(n4ccnc4)C3)nc(N3CCOC(c4ncn[nH]4)C3)nc2c(Cl)c1Br.O=C(O)C(F)(F)F. The quantitative estimate of drug-likeness (QED) is 0.228. The number of carboxylic acids is 1. The lowest BCUT2D eigenvalue weighted by molar-refractivity contribution is -0.192. The Morgan fingerprint density at radius 1 is 1.29 bits per heavy atom. The number of ether oxygens (including phenoxy) is 1. The molecule has 1 aliphatic heterocycles. The number of fused-ring (bicyclic) bond motifs is 1. The van der Waals surface area contributed by atoms with Crippen LogP contribution in [0.5, 0.6) is 0 Å². The van der Waals surface area contributed by atoms with Crippen LogP contribution in [0.3, 0.4) is 0 Å². The fourth-order valence-corrected chi connectivity index (χ4v) is 5.44. The summed E-state index contributed by atoms with van der Waals surface area (Å²) in [6.45, 7) is 2.51. The van der Waals surface area contributed by atoms with Gasteiger partial charge in [-0.05, 0) is 40.8 Å². The number of carboxylic acid groups (broad SMARTS) is 1. The van der Waals surface area contributed by atoms with Crippen LogP contribution in [0.15, 0.2) is 35.6 Å². The second-order valence-electron chi connectivity index (χ2n) is 9.62. The first-order valence-corrected chi connectivity index (χ1v) is 14.1. The van der Waals surface area contributed by atoms with Gasteiger partial charge in [-0.25, -0.2) is 19.7 Å². The Labute approximate surface area is 254 Å². The van der Waals surface area contributed by atoms with Crippen molar-refractivity contribution in [1.29, 1.82) is 0 Å². The van der Waals surface area contributed by atoms with E-state index < -0.39 is 12.1 Å². The zero-order valence-corrected chi connectivity index (χ0v) is 24.6. The highest BCUT2D eigenvalue weighted by molar-refractivity contribution is 9.10. The van der Waals surface area contributed by atoms with Crippen LogP contribution in [-0.2, 0) is 9.53 Å². The summed E-state index contributed by atoms with van der Waals surface area (Å²) < 4.78 is 40.4. The first-order chi connectivity index (χ1) is 20.0. The standard InChI is InChI=1S/C22H22BrCl2N9O.C2HF3O2/c23-17-15(24)7-14-19(18(17)25)30-22(33-3-4-35-16(9-33)21-28-10-29-32-21)31-20(14)27-8-12-5-13(6-12)34-2-1-26-11-34;3-2(4,5)1(6)7/h1-2,7,10-13,16H,3-6,8-9H2,(H,27,30,31)(H,28,29,32);(H,6,7). The van der Waals surface area contributed by atoms with Gasteiger partial charge in [-0.2, -0.15) is 23.3 Å². The third kappa shape index (κ3) is 6.71. The van der Waals surface area contributed by atoms with E-state index in [1.807, 2.05) is 24.8 Å². The molecule has 1 unspecified atom stereocenters. The summed E-state index contributed by atoms with van der Waals surface area (Å²) in [5.74, 6) is -0.244. The topological polar surface area (TPSA) is 147 Å². The second kappa shape index (κ2) is 12.6. The first kappa shape index (κ1) is 30.3. The lowest BCUT2D eigenvalue weighted by Crippen LogP contribution is -2.40. The smallest absolute Gasteiger partial charge is 0.475 e. The van der Waals surface area contributed by atoms with Crippen LogP contribution in [0.2, 0.25) is 10.0 Å². The number of carbonyl (C=O) groups is 1. The van der Waals surface area contributed by atoms with E-state index in [0.717, 1.165) is 30.6 Å². The van der Waals surface area contributed by atoms with Gasteiger partial charge in [0.05, 0.1) is 39.5 Å². The molecule has 3 N–H and O–H groups in total. The zero-order valence-electron chi connectivity index (χ0n) is 21.5. The van der Waals surface area contributed by atoms with Gasteiger partial charge in [0.15, 0.2) is 5.82 Å². The molecule has 1 aliphatic carbocycles. The molecule has 0 bridgehead atoms. The van der Waals surface area contributed by atoms with Crippen LogP contribution in [0, 0.1) is 5.92 Å². The van der Waals surface area contributed by atoms with Crippen molar-refractivity contribution in [2.75, 3.05) is 36.5 Å². The highest BCUT2D eigenvalue weighted by Crippen LogP contribution is 2.41. The van der Waals surface area contributed by atoms with Gasteiger partial charge in [-0.15, -0.1) is 0 Å². The van der Waals surface area contributed by atoms with Crippen molar-refractivity contribution in [1.82, 2.24) is 34.7 Å². The molecule has 4 heterocycles. The van der Waals surface area contributed by atoms with Crippen molar-refractivity contribution in [2.24, 2.45) is 5.92 Å². The third-order valence-corrected chi connectivity index (χ3v) is 8.81. The number of nitrogens with one attached hydrogen (secondary N) is 2. The maximum absolute atomic E-state index is 10.6. The number of morpholine rings is 1. The van der Waals surface area contributed by atoms with E-state index in [9.17, 15) is 13.2 Å². The van der Waals surface area contributed by atoms with Crippen LogP contribution >= 0.6 is 39.1 Å². The minimum Gasteiger partial charge on any atom is -0.475 e. The molecule has 0 spiro atoms. The van der Waals surface area contributed by atoms with E-state index in [0.29, 0.717) is 63.5 Å². The molecule has 1 saturated heterocycles. The molecule has 2 aliphatic rings. The Hall–Kier alpha value is -3.21. The molecule has 1 atom stereocenters. The summed E-state index contributed by atoms with van der Waals surface area (Å²) in [5, 5.41) is 19.3. The Morgan fingerprint density at radius 3 is 2.69 bits per heavy atom. The fourth-order valence-electron chi connectivity index (χ4n) is 4.64. The predicted octanol–water partition coefficient (Wildman–Crippen LogP) is 5.29. The molecule has 1 aromatic carbocycles. The van der Waals surface area contributed by atoms with Gasteiger partial charge in [0.25, 0.3) is 0 Å². The van der Waals surface area contributed by atoms with Gasteiger partial charge in [-0.3, -0.25) is 5.10 Å². The summed E-state index contributed by atoms with van der Waals surface area (Å²) in [5.41, 5.74) is 0.642. The van der Waals surface area contributed by atoms with E-state index in [2.05, 4.69) is 50.9 Å². The molecule has 224 valence electrons. The van der Waals surface area contributed by atoms with Crippen LogP contribution in [-0.4, -0.2) is 78.2 Å². The van der Waals surface area contributed by atoms with E-state index in [4.69, 9.17) is 47.8 Å². The van der Waals surface area contributed by atoms with E-state index in [1.54, 1.807) is 0 Å². The van der Waals surface area contributed by atoms with Gasteiger partial charge in [0.1, 0.15) is 18.2 Å². The maximum atomic E-state index is 10.6. The average molecular weight is 693 g/mol. The van der Waals surface area contributed by atoms with Crippen molar-refractivity contribution in [3.63, 3.8) is 0 Å². The van der Waals surface area contributed by atoms with Crippen LogP contribution in [0.4, 0.5) is 24.9 Å². The minimum atomic E-state index is -5.08. The van der Waals surface area contributed by atoms with E-state index in [1.165, 1.54) is 6.33 Å². The van der Waals surface area contributed by atoms with Crippen LogP contribution < -0.4 is 10.2 Å². The number of aromatic amines is 1. The maximum Gasteiger partial charge on any atom is 0.490 e. The molecular formula is C24H23BrCl2F3N9O3. The van der Waals surface area contributed by atoms with Crippen molar-refractivity contribution in [3.05, 3.63) is 51.5 Å². The van der Waals surface area contributed by atoms with Gasteiger partial charge in [0, 0.05) is 36.9 Å². The lowest BCUT2D eigenvalue weighted by atomic mass is 9.80. The normalized spacial score (nSPS) is 20.5. The number of aromatic nitrogens is 7. The van der Waals surface area contributed by atoms with E-state index in [-0.39, 0.29) is 6.10 Å². The number of benzene rings is 1. The van der Waals surface area contributed by atoms with E-state index >= 15 is 0 Å². The highest BCUT2D eigenvalue weighted by Gasteiger charge is 2.38. The van der Waals surface area contributed by atoms with Gasteiger partial charge < -0.3 is 24.6 Å². The van der Waals surface area contributed by atoms with Crippen molar-refractivity contribution in [3.8, 4) is 0 Å². The van der Waals surface area contributed by atoms with Crippen LogP contribution in [0.25, 0.3) is 10.9 Å². The van der Waals surface area contributed by atoms with Crippen molar-refractivity contribution in [2.45, 2.75) is 31.2 Å². The van der Waals surface area contributed by atoms with Crippen LogP contribution in [0.1, 0.15) is 30.8 Å². The third-order valence-electron chi connectivity index (χ3n) is 6.86. The average Bonchev–Trinajstić information content (AvgIpc) is 3.66. The number of anilines is 2. The van der Waals surface area contributed by atoms with Gasteiger partial charge >= 0.3 is 12.1 Å².